The average molecular weight is 502 g/mol. The van der Waals surface area contributed by atoms with Crippen LogP contribution in [0.2, 0.25) is 3.43 Å². The second kappa shape index (κ2) is 14.2. The molecule has 5 heteroatoms. The number of esters is 2. The minimum atomic E-state index is -0.239. The molecule has 3 radical (unpaired) electrons. The molecule has 0 aromatic heterocycles. The molecule has 0 atom stereocenters. The fourth-order valence-electron chi connectivity index (χ4n) is 2.16. The number of benzene rings is 2. The van der Waals surface area contributed by atoms with Gasteiger partial charge in [-0.05, 0) is 24.0 Å². The van der Waals surface area contributed by atoms with Crippen LogP contribution >= 0.6 is 0 Å². The Kier molecular flexibility index (Phi) is 12.4. The van der Waals surface area contributed by atoms with Gasteiger partial charge in [0.2, 0.25) is 0 Å². The number of carbonyl (C=O) groups is 2. The predicted molar refractivity (Wildman–Crippen MR) is 116 cm³/mol. The van der Waals surface area contributed by atoms with Crippen molar-refractivity contribution in [3.05, 3.63) is 71.8 Å². The second-order valence-corrected chi connectivity index (χ2v) is 12.0. The monoisotopic (exact) mass is 503 g/mol. The van der Waals surface area contributed by atoms with Gasteiger partial charge in [-0.25, -0.2) is 0 Å². The Labute approximate surface area is 188 Å². The van der Waals surface area contributed by atoms with E-state index in [4.69, 9.17) is 9.47 Å². The molecule has 0 heterocycles. The first kappa shape index (κ1) is 25.2. The van der Waals surface area contributed by atoms with Gasteiger partial charge in [-0.2, -0.15) is 0 Å². The van der Waals surface area contributed by atoms with Gasteiger partial charge in [-0.15, -0.1) is 0 Å². The average Bonchev–Trinajstić information content (AvgIpc) is 2.68. The van der Waals surface area contributed by atoms with Crippen molar-refractivity contribution in [3.8, 4) is 0 Å². The molecule has 0 aliphatic heterocycles. The van der Waals surface area contributed by atoms with Crippen LogP contribution in [0.5, 0.6) is 0 Å². The third-order valence-corrected chi connectivity index (χ3v) is 3.50. The molecule has 0 aliphatic rings. The zero-order valence-electron chi connectivity index (χ0n) is 17.6. The Morgan fingerprint density at radius 3 is 1.34 bits per heavy atom. The number of ether oxygens (including phenoxy) is 2. The van der Waals surface area contributed by atoms with Crippen LogP contribution in [0, 0.1) is 0 Å². The van der Waals surface area contributed by atoms with Gasteiger partial charge in [0.1, 0.15) is 13.2 Å². The van der Waals surface area contributed by atoms with E-state index in [2.05, 4.69) is 20.8 Å². The Balaban J connectivity index is 0.000000749. The molecule has 2 aromatic rings. The molecule has 0 amide bonds. The van der Waals surface area contributed by atoms with E-state index in [9.17, 15) is 9.59 Å². The molecule has 0 bridgehead atoms. The van der Waals surface area contributed by atoms with E-state index in [-0.39, 0.29) is 11.9 Å². The Hall–Kier alpha value is -1.82. The van der Waals surface area contributed by atoms with Gasteiger partial charge >= 0.3 is 58.7 Å². The predicted octanol–water partition coefficient (Wildman–Crippen LogP) is 5.41. The third-order valence-electron chi connectivity index (χ3n) is 3.50. The second-order valence-electron chi connectivity index (χ2n) is 7.75. The number of unbranched alkanes of at least 4 members (excludes halogenated alkanes) is 1. The van der Waals surface area contributed by atoms with Crippen LogP contribution in [-0.2, 0) is 32.3 Å². The van der Waals surface area contributed by atoms with Crippen molar-refractivity contribution in [3.63, 3.8) is 0 Å². The fraction of sp³-hybridized carbons (Fsp3) is 0.417. The van der Waals surface area contributed by atoms with Gasteiger partial charge in [0.15, 0.2) is 0 Å². The maximum atomic E-state index is 11.6. The summed E-state index contributed by atoms with van der Waals surface area (Å²) >= 11 is 1.62. The number of rotatable bonds is 9. The molecule has 0 fully saturated rings. The number of hydrogen-bond donors (Lipinski definition) is 0. The van der Waals surface area contributed by atoms with Crippen LogP contribution in [0.4, 0.5) is 0 Å². The Morgan fingerprint density at radius 2 is 1.03 bits per heavy atom. The summed E-state index contributed by atoms with van der Waals surface area (Å²) in [4.78, 5) is 23.3. The van der Waals surface area contributed by atoms with Crippen molar-refractivity contribution < 1.29 is 19.1 Å². The van der Waals surface area contributed by atoms with Gasteiger partial charge in [-0.3, -0.25) is 9.59 Å². The normalized spacial score (nSPS) is 10.5. The molecule has 29 heavy (non-hydrogen) atoms. The molecular weight excluding hydrogens is 471 g/mol. The molecular formula is C24H31O4Sn. The van der Waals surface area contributed by atoms with E-state index in [0.717, 1.165) is 11.1 Å². The molecule has 0 unspecified atom stereocenters. The van der Waals surface area contributed by atoms with Gasteiger partial charge in [0, 0.05) is 12.8 Å². The number of carbonyl (C=O) groups excluding carboxylic acids is 2. The van der Waals surface area contributed by atoms with Crippen molar-refractivity contribution in [2.24, 2.45) is 0 Å². The summed E-state index contributed by atoms with van der Waals surface area (Å²) in [5.74, 6) is -0.479. The van der Waals surface area contributed by atoms with Crippen molar-refractivity contribution in [1.29, 1.82) is 0 Å². The standard InChI is InChI=1S/C20H22O4.C4H9.Sn/c21-19(23-15-17-9-3-1-4-10-17)13-7-8-14-20(22)24-16-18-11-5-2-6-12-18;1-4(2)3;/h1-6,9-12H,7-8,13-16H2;1-3H3;. The van der Waals surface area contributed by atoms with E-state index in [1.807, 2.05) is 60.7 Å². The summed E-state index contributed by atoms with van der Waals surface area (Å²) in [5.41, 5.74) is 1.94. The van der Waals surface area contributed by atoms with Crippen molar-refractivity contribution in [2.75, 3.05) is 0 Å². The van der Waals surface area contributed by atoms with Gasteiger partial charge in [0.05, 0.1) is 0 Å². The Bertz CT molecular complexity index is 645. The van der Waals surface area contributed by atoms with Crippen LogP contribution in [0.25, 0.3) is 0 Å². The zero-order valence-corrected chi connectivity index (χ0v) is 20.5. The molecule has 0 spiro atoms. The first-order valence-electron chi connectivity index (χ1n) is 9.88. The van der Waals surface area contributed by atoms with Crippen LogP contribution in [0.3, 0.4) is 0 Å². The maximum Gasteiger partial charge on any atom is 0.306 e. The summed E-state index contributed by atoms with van der Waals surface area (Å²) in [6.45, 7) is 7.26. The van der Waals surface area contributed by atoms with Crippen molar-refractivity contribution in [2.45, 2.75) is 63.1 Å². The quantitative estimate of drug-likeness (QED) is 0.262. The topological polar surface area (TPSA) is 52.6 Å². The molecule has 0 N–H and O–H groups in total. The van der Waals surface area contributed by atoms with Crippen LogP contribution in [0.1, 0.15) is 57.6 Å². The molecule has 4 nitrogen and oxygen atoms in total. The van der Waals surface area contributed by atoms with Crippen LogP contribution < -0.4 is 0 Å². The van der Waals surface area contributed by atoms with Gasteiger partial charge in [0.25, 0.3) is 0 Å². The molecule has 0 saturated heterocycles. The van der Waals surface area contributed by atoms with E-state index in [0.29, 0.717) is 42.3 Å². The minimum Gasteiger partial charge on any atom is -0.461 e. The summed E-state index contributed by atoms with van der Waals surface area (Å²) < 4.78 is 11.0. The summed E-state index contributed by atoms with van der Waals surface area (Å²) in [6, 6.07) is 19.1. The third kappa shape index (κ3) is 15.7. The number of hydrogen-bond acceptors (Lipinski definition) is 4. The first-order valence-corrected chi connectivity index (χ1v) is 11.3. The molecule has 155 valence electrons. The van der Waals surface area contributed by atoms with Crippen molar-refractivity contribution in [1.82, 2.24) is 0 Å². The van der Waals surface area contributed by atoms with E-state index in [1.165, 1.54) is 0 Å². The van der Waals surface area contributed by atoms with E-state index in [1.54, 1.807) is 22.5 Å². The maximum absolute atomic E-state index is 11.6. The summed E-state index contributed by atoms with van der Waals surface area (Å²) in [7, 11) is 0. The molecule has 0 aliphatic carbocycles. The van der Waals surface area contributed by atoms with Gasteiger partial charge < -0.3 is 9.47 Å². The first-order chi connectivity index (χ1) is 13.7. The van der Waals surface area contributed by atoms with Crippen molar-refractivity contribution >= 4 is 34.5 Å². The summed E-state index contributed by atoms with van der Waals surface area (Å²) in [5, 5.41) is 0. The summed E-state index contributed by atoms with van der Waals surface area (Å²) in [6.07, 6.45) is 1.87. The van der Waals surface area contributed by atoms with E-state index < -0.39 is 0 Å². The van der Waals surface area contributed by atoms with Crippen LogP contribution in [0.15, 0.2) is 60.7 Å². The smallest absolute Gasteiger partial charge is 0.306 e. The Morgan fingerprint density at radius 1 is 0.724 bits per heavy atom. The largest absolute Gasteiger partial charge is 0.461 e. The molecule has 0 saturated carbocycles. The van der Waals surface area contributed by atoms with Gasteiger partial charge in [-0.1, -0.05) is 60.7 Å². The SMILES string of the molecule is C[C](C)(C)[Sn].O=C(CCCCC(=O)OCc1ccccc1)OCc1ccccc1. The fourth-order valence-corrected chi connectivity index (χ4v) is 2.16. The van der Waals surface area contributed by atoms with Crippen LogP contribution in [-0.4, -0.2) is 34.5 Å². The minimum absolute atomic E-state index is 0.239. The molecule has 2 aromatic carbocycles. The zero-order chi connectivity index (χ0) is 21.5. The molecule has 2 rings (SSSR count). The van der Waals surface area contributed by atoms with E-state index >= 15 is 0 Å².